The van der Waals surface area contributed by atoms with Crippen molar-refractivity contribution in [2.45, 2.75) is 6.92 Å². The van der Waals surface area contributed by atoms with Gasteiger partial charge in [-0.15, -0.1) is 0 Å². The number of fused-ring (bicyclic) bond motifs is 2. The minimum Gasteiger partial charge on any atom is -0.454 e. The van der Waals surface area contributed by atoms with Crippen LogP contribution in [0.3, 0.4) is 0 Å². The second-order valence-corrected chi connectivity index (χ2v) is 5.30. The molecule has 0 radical (unpaired) electrons. The topological polar surface area (TPSA) is 48.7 Å². The Bertz CT molecular complexity index is 829. The summed E-state index contributed by atoms with van der Waals surface area (Å²) in [4.78, 5) is 4.41. The van der Waals surface area contributed by atoms with E-state index in [1.807, 2.05) is 37.3 Å². The van der Waals surface area contributed by atoms with E-state index >= 15 is 0 Å². The highest BCUT2D eigenvalue weighted by Gasteiger charge is 2.15. The predicted molar refractivity (Wildman–Crippen MR) is 77.0 cm³/mol. The van der Waals surface area contributed by atoms with E-state index in [0.717, 1.165) is 38.7 Å². The van der Waals surface area contributed by atoms with Crippen molar-refractivity contribution >= 4 is 21.6 Å². The van der Waals surface area contributed by atoms with Crippen LogP contribution < -0.4 is 9.47 Å². The van der Waals surface area contributed by atoms with Gasteiger partial charge in [-0.3, -0.25) is 0 Å². The summed E-state index contributed by atoms with van der Waals surface area (Å²) in [6, 6.07) is 9.71. The molecule has 0 fully saturated rings. The first-order valence-electron chi connectivity index (χ1n) is 6.14. The molecule has 3 heterocycles. The fourth-order valence-electron chi connectivity index (χ4n) is 2.23. The normalized spacial score (nSPS) is 13.1. The van der Waals surface area contributed by atoms with Crippen LogP contribution in [0.4, 0.5) is 0 Å². The van der Waals surface area contributed by atoms with Crippen LogP contribution in [0, 0.1) is 6.92 Å². The molecule has 1 aliphatic rings. The fourth-order valence-corrected chi connectivity index (χ4v) is 2.58. The molecule has 2 aromatic heterocycles. The summed E-state index contributed by atoms with van der Waals surface area (Å²) < 4.78 is 13.4. The first-order chi connectivity index (χ1) is 9.72. The Kier molecular flexibility index (Phi) is 2.47. The lowest BCUT2D eigenvalue weighted by atomic mass is 10.1. The Hall–Kier alpha value is -2.08. The van der Waals surface area contributed by atoms with E-state index in [1.165, 1.54) is 0 Å². The summed E-state index contributed by atoms with van der Waals surface area (Å²) in [7, 11) is 0. The average Bonchev–Trinajstić information content (AvgIpc) is 3.03. The number of rotatable bonds is 1. The lowest BCUT2D eigenvalue weighted by Gasteiger charge is -2.03. The van der Waals surface area contributed by atoms with Gasteiger partial charge in [-0.1, -0.05) is 0 Å². The number of aromatic nitrogens is 3. The zero-order valence-electron chi connectivity index (χ0n) is 10.6. The van der Waals surface area contributed by atoms with Crippen LogP contribution in [-0.2, 0) is 0 Å². The van der Waals surface area contributed by atoms with Gasteiger partial charge in [0.2, 0.25) is 6.79 Å². The Morgan fingerprint density at radius 1 is 1.15 bits per heavy atom. The van der Waals surface area contributed by atoms with E-state index in [4.69, 9.17) is 9.47 Å². The number of ether oxygens (including phenoxy) is 2. The summed E-state index contributed by atoms with van der Waals surface area (Å²) in [5.74, 6) is 1.53. The highest BCUT2D eigenvalue weighted by atomic mass is 79.9. The van der Waals surface area contributed by atoms with Gasteiger partial charge in [0, 0.05) is 5.56 Å². The molecule has 0 unspecified atom stereocenters. The maximum atomic E-state index is 5.40. The largest absolute Gasteiger partial charge is 0.454 e. The third-order valence-electron chi connectivity index (χ3n) is 3.25. The van der Waals surface area contributed by atoms with Gasteiger partial charge in [0.1, 0.15) is 4.60 Å². The van der Waals surface area contributed by atoms with E-state index < -0.39 is 0 Å². The zero-order valence-corrected chi connectivity index (χ0v) is 12.2. The number of benzene rings is 1. The highest BCUT2D eigenvalue weighted by Crippen LogP contribution is 2.35. The maximum absolute atomic E-state index is 5.40. The van der Waals surface area contributed by atoms with Crippen LogP contribution >= 0.6 is 15.9 Å². The molecule has 0 amide bonds. The van der Waals surface area contributed by atoms with E-state index in [0.29, 0.717) is 0 Å². The summed E-state index contributed by atoms with van der Waals surface area (Å²) in [6.45, 7) is 2.22. The predicted octanol–water partition coefficient (Wildman–Crippen LogP) is 3.20. The average molecular weight is 332 g/mol. The summed E-state index contributed by atoms with van der Waals surface area (Å²) >= 11 is 3.50. The van der Waals surface area contributed by atoms with Gasteiger partial charge in [0.15, 0.2) is 17.1 Å². The lowest BCUT2D eigenvalue weighted by molar-refractivity contribution is 0.174. The van der Waals surface area contributed by atoms with Gasteiger partial charge in [-0.25, -0.2) is 9.50 Å². The molecular weight excluding hydrogens is 322 g/mol. The molecule has 6 heteroatoms. The SMILES string of the molecule is Cc1nc2ccc(-c3ccc4c(c3)OCO4)nn2c1Br. The van der Waals surface area contributed by atoms with Crippen molar-refractivity contribution < 1.29 is 9.47 Å². The van der Waals surface area contributed by atoms with Crippen molar-refractivity contribution in [1.82, 2.24) is 14.6 Å². The zero-order chi connectivity index (χ0) is 13.7. The van der Waals surface area contributed by atoms with Gasteiger partial charge in [0.05, 0.1) is 11.4 Å². The Labute approximate surface area is 123 Å². The maximum Gasteiger partial charge on any atom is 0.231 e. The summed E-state index contributed by atoms with van der Waals surface area (Å²) in [5, 5.41) is 4.60. The van der Waals surface area contributed by atoms with Crippen molar-refractivity contribution in [3.8, 4) is 22.8 Å². The van der Waals surface area contributed by atoms with Gasteiger partial charge >= 0.3 is 0 Å². The second kappa shape index (κ2) is 4.21. The molecule has 0 bridgehead atoms. The molecule has 100 valence electrons. The molecular formula is C14H10BrN3O2. The van der Waals surface area contributed by atoms with Crippen LogP contribution in [-0.4, -0.2) is 21.4 Å². The Morgan fingerprint density at radius 2 is 2.00 bits per heavy atom. The van der Waals surface area contributed by atoms with Crippen molar-refractivity contribution in [1.29, 1.82) is 0 Å². The molecule has 0 aliphatic carbocycles. The number of hydrogen-bond donors (Lipinski definition) is 0. The number of aryl methyl sites for hydroxylation is 1. The minimum absolute atomic E-state index is 0.275. The van der Waals surface area contributed by atoms with Gasteiger partial charge < -0.3 is 9.47 Å². The molecule has 1 aromatic carbocycles. The monoisotopic (exact) mass is 331 g/mol. The van der Waals surface area contributed by atoms with Crippen LogP contribution in [0.15, 0.2) is 34.9 Å². The van der Waals surface area contributed by atoms with E-state index in [1.54, 1.807) is 4.52 Å². The first kappa shape index (κ1) is 11.7. The molecule has 3 aromatic rings. The number of hydrogen-bond acceptors (Lipinski definition) is 4. The molecule has 0 spiro atoms. The minimum atomic E-state index is 0.275. The van der Waals surface area contributed by atoms with E-state index in [-0.39, 0.29) is 6.79 Å². The van der Waals surface area contributed by atoms with Crippen LogP contribution in [0.25, 0.3) is 16.9 Å². The molecule has 0 saturated carbocycles. The molecule has 0 saturated heterocycles. The number of imidazole rings is 1. The molecule has 0 N–H and O–H groups in total. The van der Waals surface area contributed by atoms with Crippen molar-refractivity contribution in [2.75, 3.05) is 6.79 Å². The molecule has 1 aliphatic heterocycles. The van der Waals surface area contributed by atoms with Gasteiger partial charge in [-0.05, 0) is 53.2 Å². The van der Waals surface area contributed by atoms with Crippen molar-refractivity contribution in [3.05, 3.63) is 40.6 Å². The smallest absolute Gasteiger partial charge is 0.231 e. The van der Waals surface area contributed by atoms with Crippen LogP contribution in [0.1, 0.15) is 5.69 Å². The number of nitrogens with zero attached hydrogens (tertiary/aromatic N) is 3. The second-order valence-electron chi connectivity index (χ2n) is 4.54. The van der Waals surface area contributed by atoms with E-state index in [9.17, 15) is 0 Å². The quantitative estimate of drug-likeness (QED) is 0.687. The Morgan fingerprint density at radius 3 is 2.90 bits per heavy atom. The molecule has 0 atom stereocenters. The van der Waals surface area contributed by atoms with Gasteiger partial charge in [-0.2, -0.15) is 5.10 Å². The molecule has 5 nitrogen and oxygen atoms in total. The van der Waals surface area contributed by atoms with Crippen molar-refractivity contribution in [3.63, 3.8) is 0 Å². The lowest BCUT2D eigenvalue weighted by Crippen LogP contribution is -1.94. The fraction of sp³-hybridized carbons (Fsp3) is 0.143. The van der Waals surface area contributed by atoms with Gasteiger partial charge in [0.25, 0.3) is 0 Å². The number of halogens is 1. The van der Waals surface area contributed by atoms with Crippen molar-refractivity contribution in [2.24, 2.45) is 0 Å². The molecule has 20 heavy (non-hydrogen) atoms. The third-order valence-corrected chi connectivity index (χ3v) is 4.16. The Balaban J connectivity index is 1.87. The highest BCUT2D eigenvalue weighted by molar-refractivity contribution is 9.10. The third kappa shape index (κ3) is 1.68. The summed E-state index contributed by atoms with van der Waals surface area (Å²) in [5.41, 5.74) is 3.57. The van der Waals surface area contributed by atoms with E-state index in [2.05, 4.69) is 26.0 Å². The van der Waals surface area contributed by atoms with Crippen LogP contribution in [0.5, 0.6) is 11.5 Å². The van der Waals surface area contributed by atoms with Crippen LogP contribution in [0.2, 0.25) is 0 Å². The standard InChI is InChI=1S/C14H10BrN3O2/c1-8-14(15)18-13(16-8)5-3-10(17-18)9-2-4-11-12(6-9)20-7-19-11/h2-6H,7H2,1H3. The molecule has 4 rings (SSSR count). The summed E-state index contributed by atoms with van der Waals surface area (Å²) in [6.07, 6.45) is 0. The first-order valence-corrected chi connectivity index (χ1v) is 6.93.